The van der Waals surface area contributed by atoms with E-state index in [1.165, 1.54) is 0 Å². The van der Waals surface area contributed by atoms with Crippen LogP contribution in [0.2, 0.25) is 0 Å². The van der Waals surface area contributed by atoms with E-state index in [9.17, 15) is 9.59 Å². The molecule has 6 heteroatoms. The van der Waals surface area contributed by atoms with Gasteiger partial charge in [-0.15, -0.1) is 0 Å². The summed E-state index contributed by atoms with van der Waals surface area (Å²) in [5.41, 5.74) is 1.79. The van der Waals surface area contributed by atoms with Crippen LogP contribution in [-0.2, 0) is 16.0 Å². The molecule has 1 amide bonds. The highest BCUT2D eigenvalue weighted by Gasteiger charge is 2.07. The molecule has 0 aliphatic rings. The topological polar surface area (TPSA) is 95.1 Å². The lowest BCUT2D eigenvalue weighted by Crippen LogP contribution is -2.29. The van der Waals surface area contributed by atoms with Gasteiger partial charge < -0.3 is 15.4 Å². The predicted octanol–water partition coefficient (Wildman–Crippen LogP) is 0.696. The average molecular weight is 247 g/mol. The number of rotatable bonds is 5. The van der Waals surface area contributed by atoms with E-state index in [4.69, 9.17) is 5.11 Å². The number of carbonyl (C=O) groups excluding carboxylic acids is 1. The third-order valence-corrected chi connectivity index (χ3v) is 2.46. The maximum atomic E-state index is 11.3. The zero-order valence-electron chi connectivity index (χ0n) is 9.64. The lowest BCUT2D eigenvalue weighted by atomic mass is 10.3. The molecule has 0 unspecified atom stereocenters. The standard InChI is InChI=1S/C12H13N3O3/c16-11(13-7-12(17)18)6-5-10-14-8-3-1-2-4-9(8)15-10/h1-4H,5-7H2,(H,13,16)(H,14,15)(H,17,18). The zero-order chi connectivity index (χ0) is 13.0. The molecule has 1 heterocycles. The Balaban J connectivity index is 1.90. The first-order chi connectivity index (χ1) is 8.65. The minimum Gasteiger partial charge on any atom is -0.480 e. The molecule has 6 nitrogen and oxygen atoms in total. The number of hydrogen-bond donors (Lipinski definition) is 3. The van der Waals surface area contributed by atoms with E-state index >= 15 is 0 Å². The number of H-pyrrole nitrogens is 1. The lowest BCUT2D eigenvalue weighted by Gasteiger charge is -2.00. The van der Waals surface area contributed by atoms with Crippen molar-refractivity contribution in [2.75, 3.05) is 6.54 Å². The highest BCUT2D eigenvalue weighted by atomic mass is 16.4. The number of benzene rings is 1. The quantitative estimate of drug-likeness (QED) is 0.724. The van der Waals surface area contributed by atoms with Gasteiger partial charge in [-0.25, -0.2) is 4.98 Å². The first kappa shape index (κ1) is 12.1. The number of aromatic nitrogens is 2. The van der Waals surface area contributed by atoms with Gasteiger partial charge in [0.15, 0.2) is 0 Å². The van der Waals surface area contributed by atoms with Gasteiger partial charge >= 0.3 is 5.97 Å². The summed E-state index contributed by atoms with van der Waals surface area (Å²) in [5, 5.41) is 10.7. The number of para-hydroxylation sites is 2. The van der Waals surface area contributed by atoms with E-state index in [-0.39, 0.29) is 18.9 Å². The molecule has 0 aliphatic heterocycles. The summed E-state index contributed by atoms with van der Waals surface area (Å²) in [6.45, 7) is -0.348. The number of carboxylic acid groups (broad SMARTS) is 1. The van der Waals surface area contributed by atoms with E-state index in [1.807, 2.05) is 24.3 Å². The number of aromatic amines is 1. The van der Waals surface area contributed by atoms with Crippen molar-refractivity contribution in [1.29, 1.82) is 0 Å². The summed E-state index contributed by atoms with van der Waals surface area (Å²) in [5.74, 6) is -0.619. The Morgan fingerprint density at radius 1 is 1.33 bits per heavy atom. The summed E-state index contributed by atoms with van der Waals surface area (Å²) in [6.07, 6.45) is 0.674. The monoisotopic (exact) mass is 247 g/mol. The van der Waals surface area contributed by atoms with Gasteiger partial charge in [0.05, 0.1) is 11.0 Å². The number of amides is 1. The number of aliphatic carboxylic acids is 1. The van der Waals surface area contributed by atoms with Crippen LogP contribution in [0.1, 0.15) is 12.2 Å². The number of aryl methyl sites for hydroxylation is 1. The van der Waals surface area contributed by atoms with Crippen molar-refractivity contribution >= 4 is 22.9 Å². The predicted molar refractivity (Wildman–Crippen MR) is 65.1 cm³/mol. The fraction of sp³-hybridized carbons (Fsp3) is 0.250. The van der Waals surface area contributed by atoms with Crippen molar-refractivity contribution in [2.24, 2.45) is 0 Å². The van der Waals surface area contributed by atoms with Gasteiger partial charge in [-0.3, -0.25) is 9.59 Å². The van der Waals surface area contributed by atoms with Crippen LogP contribution in [0.4, 0.5) is 0 Å². The normalized spacial score (nSPS) is 10.4. The molecule has 0 fully saturated rings. The molecule has 0 bridgehead atoms. The lowest BCUT2D eigenvalue weighted by molar-refractivity contribution is -0.137. The molecule has 1 aromatic heterocycles. The van der Waals surface area contributed by atoms with E-state index in [0.717, 1.165) is 16.9 Å². The molecule has 0 saturated heterocycles. The second-order valence-corrected chi connectivity index (χ2v) is 3.87. The highest BCUT2D eigenvalue weighted by molar-refractivity contribution is 5.81. The van der Waals surface area contributed by atoms with Crippen molar-refractivity contribution in [3.63, 3.8) is 0 Å². The van der Waals surface area contributed by atoms with Crippen LogP contribution >= 0.6 is 0 Å². The molecule has 18 heavy (non-hydrogen) atoms. The van der Waals surface area contributed by atoms with Gasteiger partial charge in [-0.2, -0.15) is 0 Å². The second kappa shape index (κ2) is 5.31. The largest absolute Gasteiger partial charge is 0.480 e. The summed E-state index contributed by atoms with van der Waals surface area (Å²) < 4.78 is 0. The summed E-state index contributed by atoms with van der Waals surface area (Å²) in [6, 6.07) is 7.60. The van der Waals surface area contributed by atoms with Crippen LogP contribution in [0.15, 0.2) is 24.3 Å². The van der Waals surface area contributed by atoms with Crippen LogP contribution in [0.25, 0.3) is 11.0 Å². The Kier molecular flexibility index (Phi) is 3.57. The molecule has 0 spiro atoms. The molecule has 0 atom stereocenters. The van der Waals surface area contributed by atoms with E-state index in [1.54, 1.807) is 0 Å². The number of nitrogens with zero attached hydrogens (tertiary/aromatic N) is 1. The van der Waals surface area contributed by atoms with Crippen molar-refractivity contribution in [3.8, 4) is 0 Å². The molecular formula is C12H13N3O3. The average Bonchev–Trinajstić information content (AvgIpc) is 2.76. The minimum atomic E-state index is -1.05. The second-order valence-electron chi connectivity index (χ2n) is 3.87. The Bertz CT molecular complexity index is 544. The first-order valence-electron chi connectivity index (χ1n) is 5.57. The number of hydrogen-bond acceptors (Lipinski definition) is 3. The van der Waals surface area contributed by atoms with Crippen LogP contribution < -0.4 is 5.32 Å². The van der Waals surface area contributed by atoms with Crippen molar-refractivity contribution in [2.45, 2.75) is 12.8 Å². The third kappa shape index (κ3) is 3.07. The molecule has 2 aromatic rings. The number of fused-ring (bicyclic) bond motifs is 1. The van der Waals surface area contributed by atoms with Crippen LogP contribution in [0.5, 0.6) is 0 Å². The molecule has 3 N–H and O–H groups in total. The molecule has 94 valence electrons. The Morgan fingerprint density at radius 3 is 2.83 bits per heavy atom. The van der Waals surface area contributed by atoms with Gasteiger partial charge in [0.1, 0.15) is 12.4 Å². The van der Waals surface area contributed by atoms with Gasteiger partial charge in [-0.1, -0.05) is 12.1 Å². The van der Waals surface area contributed by atoms with Gasteiger partial charge in [-0.05, 0) is 12.1 Å². The maximum Gasteiger partial charge on any atom is 0.322 e. The fourth-order valence-electron chi connectivity index (χ4n) is 1.62. The number of carbonyl (C=O) groups is 2. The SMILES string of the molecule is O=C(O)CNC(=O)CCc1nc2ccccc2[nH]1. The first-order valence-corrected chi connectivity index (χ1v) is 5.57. The van der Waals surface area contributed by atoms with E-state index < -0.39 is 5.97 Å². The molecule has 2 rings (SSSR count). The Hall–Kier alpha value is -2.37. The molecule has 0 saturated carbocycles. The van der Waals surface area contributed by atoms with Gasteiger partial charge in [0.2, 0.25) is 5.91 Å². The molecule has 0 aliphatic carbocycles. The van der Waals surface area contributed by atoms with Crippen molar-refractivity contribution < 1.29 is 14.7 Å². The molecular weight excluding hydrogens is 234 g/mol. The highest BCUT2D eigenvalue weighted by Crippen LogP contribution is 2.11. The minimum absolute atomic E-state index is 0.215. The van der Waals surface area contributed by atoms with E-state index in [0.29, 0.717) is 6.42 Å². The maximum absolute atomic E-state index is 11.3. The van der Waals surface area contributed by atoms with Crippen LogP contribution in [-0.4, -0.2) is 33.5 Å². The van der Waals surface area contributed by atoms with Crippen LogP contribution in [0, 0.1) is 0 Å². The van der Waals surface area contributed by atoms with Crippen molar-refractivity contribution in [3.05, 3.63) is 30.1 Å². The fourth-order valence-corrected chi connectivity index (χ4v) is 1.62. The Morgan fingerprint density at radius 2 is 2.11 bits per heavy atom. The Labute approximate surface area is 103 Å². The zero-order valence-corrected chi connectivity index (χ0v) is 9.64. The van der Waals surface area contributed by atoms with E-state index in [2.05, 4.69) is 15.3 Å². The molecule has 0 radical (unpaired) electrons. The summed E-state index contributed by atoms with van der Waals surface area (Å²) in [7, 11) is 0. The third-order valence-electron chi connectivity index (χ3n) is 2.46. The number of nitrogens with one attached hydrogen (secondary N) is 2. The molecule has 1 aromatic carbocycles. The van der Waals surface area contributed by atoms with Crippen molar-refractivity contribution in [1.82, 2.24) is 15.3 Å². The number of imidazole rings is 1. The van der Waals surface area contributed by atoms with Gasteiger partial charge in [0.25, 0.3) is 0 Å². The summed E-state index contributed by atoms with van der Waals surface area (Å²) in [4.78, 5) is 29.0. The van der Waals surface area contributed by atoms with Gasteiger partial charge in [0, 0.05) is 12.8 Å². The number of carboxylic acids is 1. The van der Waals surface area contributed by atoms with Crippen LogP contribution in [0.3, 0.4) is 0 Å². The summed E-state index contributed by atoms with van der Waals surface area (Å²) >= 11 is 0. The smallest absolute Gasteiger partial charge is 0.322 e.